The Morgan fingerprint density at radius 3 is 3.00 bits per heavy atom. The number of carbonyl (C=O) groups excluding carboxylic acids is 1. The van der Waals surface area contributed by atoms with E-state index in [0.29, 0.717) is 16.8 Å². The highest BCUT2D eigenvalue weighted by molar-refractivity contribution is 6.29. The van der Waals surface area contributed by atoms with Gasteiger partial charge in [-0.2, -0.15) is 0 Å². The predicted molar refractivity (Wildman–Crippen MR) is 70.6 cm³/mol. The molecule has 1 aromatic heterocycles. The molecule has 1 saturated carbocycles. The lowest BCUT2D eigenvalue weighted by Gasteiger charge is -2.37. The topological polar surface area (TPSA) is 33.2 Å². The minimum absolute atomic E-state index is 0.121. The van der Waals surface area contributed by atoms with E-state index in [9.17, 15) is 4.79 Å². The molecule has 0 aromatic carbocycles. The zero-order valence-electron chi connectivity index (χ0n) is 10.3. The molecule has 0 spiro atoms. The van der Waals surface area contributed by atoms with Gasteiger partial charge in [0.25, 0.3) is 5.91 Å². The van der Waals surface area contributed by atoms with Gasteiger partial charge >= 0.3 is 0 Å². The molecular weight excluding hydrogens is 248 g/mol. The van der Waals surface area contributed by atoms with Crippen LogP contribution in [-0.4, -0.2) is 28.4 Å². The molecule has 2 unspecified atom stereocenters. The van der Waals surface area contributed by atoms with Gasteiger partial charge in [0.05, 0.1) is 0 Å². The lowest BCUT2D eigenvalue weighted by Crippen LogP contribution is -2.46. The van der Waals surface area contributed by atoms with Gasteiger partial charge < -0.3 is 4.90 Å². The Bertz CT molecular complexity index is 463. The van der Waals surface area contributed by atoms with Gasteiger partial charge in [-0.25, -0.2) is 4.98 Å². The monoisotopic (exact) mass is 264 g/mol. The average molecular weight is 265 g/mol. The van der Waals surface area contributed by atoms with Crippen molar-refractivity contribution in [3.8, 4) is 0 Å². The van der Waals surface area contributed by atoms with E-state index in [0.717, 1.165) is 25.3 Å². The molecule has 0 radical (unpaired) electrons. The first kappa shape index (κ1) is 12.0. The van der Waals surface area contributed by atoms with Crippen molar-refractivity contribution in [3.05, 3.63) is 29.0 Å². The van der Waals surface area contributed by atoms with Crippen molar-refractivity contribution in [2.75, 3.05) is 6.54 Å². The number of hydrogen-bond acceptors (Lipinski definition) is 2. The standard InChI is InChI=1S/C14H17ClN2O/c15-13-9-11(6-7-16-13)14(18)17-8-2-4-10-3-1-5-12(10)17/h6-7,9-10,12H,1-5,8H2. The number of likely N-dealkylation sites (tertiary alicyclic amines) is 1. The minimum Gasteiger partial charge on any atom is -0.335 e. The van der Waals surface area contributed by atoms with Crippen LogP contribution >= 0.6 is 11.6 Å². The lowest BCUT2D eigenvalue weighted by atomic mass is 9.91. The van der Waals surface area contributed by atoms with Crippen LogP contribution in [0, 0.1) is 5.92 Å². The first-order valence-electron chi connectivity index (χ1n) is 6.68. The molecule has 1 aliphatic carbocycles. The molecule has 3 nitrogen and oxygen atoms in total. The molecule has 0 N–H and O–H groups in total. The number of hydrogen-bond donors (Lipinski definition) is 0. The number of carbonyl (C=O) groups is 1. The molecule has 96 valence electrons. The van der Waals surface area contributed by atoms with E-state index in [4.69, 9.17) is 11.6 Å². The van der Waals surface area contributed by atoms with Gasteiger partial charge in [0, 0.05) is 24.3 Å². The summed E-state index contributed by atoms with van der Waals surface area (Å²) in [6.07, 6.45) is 7.72. The second kappa shape index (κ2) is 4.88. The summed E-state index contributed by atoms with van der Waals surface area (Å²) in [4.78, 5) is 18.5. The van der Waals surface area contributed by atoms with E-state index in [2.05, 4.69) is 9.88 Å². The molecular formula is C14H17ClN2O. The summed E-state index contributed by atoms with van der Waals surface area (Å²) in [5, 5.41) is 0.390. The van der Waals surface area contributed by atoms with Crippen molar-refractivity contribution < 1.29 is 4.79 Å². The maximum atomic E-state index is 12.5. The first-order valence-corrected chi connectivity index (χ1v) is 7.06. The Morgan fingerprint density at radius 2 is 2.17 bits per heavy atom. The summed E-state index contributed by atoms with van der Waals surface area (Å²) in [6, 6.07) is 3.88. The third kappa shape index (κ3) is 2.12. The molecule has 2 heterocycles. The normalized spacial score (nSPS) is 27.1. The van der Waals surface area contributed by atoms with Crippen LogP contribution in [0.4, 0.5) is 0 Å². The number of rotatable bonds is 1. The van der Waals surface area contributed by atoms with Crippen molar-refractivity contribution in [2.45, 2.75) is 38.1 Å². The van der Waals surface area contributed by atoms with Crippen molar-refractivity contribution in [2.24, 2.45) is 5.92 Å². The molecule has 18 heavy (non-hydrogen) atoms. The van der Waals surface area contributed by atoms with E-state index in [-0.39, 0.29) is 5.91 Å². The second-order valence-electron chi connectivity index (χ2n) is 5.27. The van der Waals surface area contributed by atoms with Crippen LogP contribution in [0.25, 0.3) is 0 Å². The number of piperidine rings is 1. The van der Waals surface area contributed by atoms with Crippen LogP contribution in [0.2, 0.25) is 5.15 Å². The summed E-state index contributed by atoms with van der Waals surface area (Å²) in [6.45, 7) is 0.889. The van der Waals surface area contributed by atoms with Gasteiger partial charge in [-0.1, -0.05) is 18.0 Å². The van der Waals surface area contributed by atoms with E-state index in [1.54, 1.807) is 18.3 Å². The van der Waals surface area contributed by atoms with Gasteiger partial charge in [-0.15, -0.1) is 0 Å². The number of aromatic nitrogens is 1. The van der Waals surface area contributed by atoms with Crippen LogP contribution in [-0.2, 0) is 0 Å². The number of nitrogens with zero attached hydrogens (tertiary/aromatic N) is 2. The van der Waals surface area contributed by atoms with Crippen molar-refractivity contribution in [1.29, 1.82) is 0 Å². The molecule has 2 fully saturated rings. The van der Waals surface area contributed by atoms with E-state index in [1.807, 2.05) is 0 Å². The molecule has 2 aliphatic rings. The molecule has 1 aromatic rings. The maximum absolute atomic E-state index is 12.5. The third-order valence-electron chi connectivity index (χ3n) is 4.23. The van der Waals surface area contributed by atoms with Gasteiger partial charge in [0.1, 0.15) is 5.15 Å². The lowest BCUT2D eigenvalue weighted by molar-refractivity contribution is 0.0548. The quantitative estimate of drug-likeness (QED) is 0.730. The van der Waals surface area contributed by atoms with Crippen LogP contribution < -0.4 is 0 Å². The fraction of sp³-hybridized carbons (Fsp3) is 0.571. The Hall–Kier alpha value is -1.09. The van der Waals surface area contributed by atoms with Gasteiger partial charge in [0.15, 0.2) is 0 Å². The number of halogens is 1. The van der Waals surface area contributed by atoms with Crippen LogP contribution in [0.1, 0.15) is 42.5 Å². The smallest absolute Gasteiger partial charge is 0.254 e. The van der Waals surface area contributed by atoms with Crippen molar-refractivity contribution in [3.63, 3.8) is 0 Å². The highest BCUT2D eigenvalue weighted by atomic mass is 35.5. The highest BCUT2D eigenvalue weighted by Gasteiger charge is 2.37. The second-order valence-corrected chi connectivity index (χ2v) is 5.65. The van der Waals surface area contributed by atoms with E-state index >= 15 is 0 Å². The Balaban J connectivity index is 1.83. The molecule has 2 atom stereocenters. The maximum Gasteiger partial charge on any atom is 0.254 e. The van der Waals surface area contributed by atoms with Gasteiger partial charge in [0.2, 0.25) is 0 Å². The SMILES string of the molecule is O=C(c1ccnc(Cl)c1)N1CCCC2CCCC21. The van der Waals surface area contributed by atoms with Gasteiger partial charge in [-0.05, 0) is 43.7 Å². The number of pyridine rings is 1. The summed E-state index contributed by atoms with van der Waals surface area (Å²) in [5.41, 5.74) is 0.669. The van der Waals surface area contributed by atoms with Crippen molar-refractivity contribution >= 4 is 17.5 Å². The molecule has 4 heteroatoms. The van der Waals surface area contributed by atoms with E-state index < -0.39 is 0 Å². The van der Waals surface area contributed by atoms with Crippen LogP contribution in [0.15, 0.2) is 18.3 Å². The molecule has 1 aliphatic heterocycles. The summed E-state index contributed by atoms with van der Waals surface area (Å²) < 4.78 is 0. The van der Waals surface area contributed by atoms with Crippen LogP contribution in [0.3, 0.4) is 0 Å². The molecule has 3 rings (SSSR count). The Kier molecular flexibility index (Phi) is 3.25. The average Bonchev–Trinajstić information content (AvgIpc) is 2.86. The van der Waals surface area contributed by atoms with Crippen molar-refractivity contribution in [1.82, 2.24) is 9.88 Å². The third-order valence-corrected chi connectivity index (χ3v) is 4.43. The zero-order valence-corrected chi connectivity index (χ0v) is 11.1. The van der Waals surface area contributed by atoms with Crippen LogP contribution in [0.5, 0.6) is 0 Å². The predicted octanol–water partition coefficient (Wildman–Crippen LogP) is 3.14. The summed E-state index contributed by atoms with van der Waals surface area (Å²) >= 11 is 5.86. The first-order chi connectivity index (χ1) is 8.75. The number of amides is 1. The number of fused-ring (bicyclic) bond motifs is 1. The summed E-state index contributed by atoms with van der Waals surface area (Å²) in [7, 11) is 0. The summed E-state index contributed by atoms with van der Waals surface area (Å²) in [5.74, 6) is 0.843. The highest BCUT2D eigenvalue weighted by Crippen LogP contribution is 2.37. The Morgan fingerprint density at radius 1 is 1.33 bits per heavy atom. The molecule has 1 amide bonds. The van der Waals surface area contributed by atoms with E-state index in [1.165, 1.54) is 19.3 Å². The molecule has 1 saturated heterocycles. The molecule has 0 bridgehead atoms. The largest absolute Gasteiger partial charge is 0.335 e. The minimum atomic E-state index is 0.121. The zero-order chi connectivity index (χ0) is 12.5. The Labute approximate surface area is 112 Å². The fourth-order valence-corrected chi connectivity index (χ4v) is 3.58. The van der Waals surface area contributed by atoms with Gasteiger partial charge in [-0.3, -0.25) is 4.79 Å². The fourth-order valence-electron chi connectivity index (χ4n) is 3.41.